The number of carbonyl (C=O) groups excluding carboxylic acids is 1. The lowest BCUT2D eigenvalue weighted by Crippen LogP contribution is -2.27. The third kappa shape index (κ3) is 3.32. The molecule has 1 heterocycles. The quantitative estimate of drug-likeness (QED) is 0.890. The van der Waals surface area contributed by atoms with Gasteiger partial charge in [0.1, 0.15) is 5.75 Å². The van der Waals surface area contributed by atoms with Crippen molar-refractivity contribution in [2.75, 3.05) is 23.3 Å². The molecule has 1 aliphatic heterocycles. The maximum Gasteiger partial charge on any atom is 0.262 e. The van der Waals surface area contributed by atoms with Crippen LogP contribution in [0, 0.1) is 0 Å². The molecule has 0 saturated carbocycles. The molecule has 25 heavy (non-hydrogen) atoms. The van der Waals surface area contributed by atoms with E-state index in [1.54, 1.807) is 41.3 Å². The molecule has 1 amide bonds. The number of anilines is 2. The molecule has 6 nitrogen and oxygen atoms in total. The number of hydrogen-bond donors (Lipinski definition) is 1. The molecule has 132 valence electrons. The largest absolute Gasteiger partial charge is 0.495 e. The van der Waals surface area contributed by atoms with E-state index < -0.39 is 10.0 Å². The van der Waals surface area contributed by atoms with Crippen LogP contribution in [0.1, 0.15) is 18.9 Å². The van der Waals surface area contributed by atoms with Crippen LogP contribution in [0.15, 0.2) is 47.4 Å². The second-order valence-corrected chi connectivity index (χ2v) is 7.43. The molecule has 0 unspecified atom stereocenters. The maximum atomic E-state index is 12.7. The van der Waals surface area contributed by atoms with Gasteiger partial charge in [-0.05, 0) is 42.3 Å². The molecule has 0 atom stereocenters. The van der Waals surface area contributed by atoms with Crippen molar-refractivity contribution in [1.82, 2.24) is 0 Å². The summed E-state index contributed by atoms with van der Waals surface area (Å²) in [6, 6.07) is 11.7. The Kier molecular flexibility index (Phi) is 4.67. The van der Waals surface area contributed by atoms with Crippen molar-refractivity contribution in [1.29, 1.82) is 0 Å². The summed E-state index contributed by atoms with van der Waals surface area (Å²) in [5.41, 5.74) is 2.04. The molecule has 3 rings (SSSR count). The summed E-state index contributed by atoms with van der Waals surface area (Å²) in [5.74, 6) is 0.494. The number of nitrogens with one attached hydrogen (secondary N) is 1. The minimum atomic E-state index is -3.74. The average Bonchev–Trinajstić information content (AvgIpc) is 3.04. The van der Waals surface area contributed by atoms with E-state index >= 15 is 0 Å². The Morgan fingerprint density at radius 3 is 2.72 bits per heavy atom. The van der Waals surface area contributed by atoms with Gasteiger partial charge in [0.15, 0.2) is 0 Å². The van der Waals surface area contributed by atoms with Gasteiger partial charge in [-0.15, -0.1) is 0 Å². The monoisotopic (exact) mass is 360 g/mol. The first kappa shape index (κ1) is 17.3. The van der Waals surface area contributed by atoms with E-state index in [1.807, 2.05) is 6.92 Å². The highest BCUT2D eigenvalue weighted by atomic mass is 32.2. The first-order chi connectivity index (χ1) is 12.0. The minimum absolute atomic E-state index is 0.0431. The summed E-state index contributed by atoms with van der Waals surface area (Å²) in [6.45, 7) is 2.40. The summed E-state index contributed by atoms with van der Waals surface area (Å²) in [4.78, 5) is 13.8. The van der Waals surface area contributed by atoms with Crippen LogP contribution in [-0.2, 0) is 21.2 Å². The Balaban J connectivity index is 1.91. The third-order valence-corrected chi connectivity index (χ3v) is 5.57. The van der Waals surface area contributed by atoms with Gasteiger partial charge in [0, 0.05) is 18.7 Å². The van der Waals surface area contributed by atoms with Crippen LogP contribution in [0.3, 0.4) is 0 Å². The first-order valence-electron chi connectivity index (χ1n) is 8.05. The zero-order valence-electron chi connectivity index (χ0n) is 14.2. The number of para-hydroxylation sites is 2. The summed E-state index contributed by atoms with van der Waals surface area (Å²) >= 11 is 0. The maximum absolute atomic E-state index is 12.7. The van der Waals surface area contributed by atoms with Crippen LogP contribution in [0.25, 0.3) is 0 Å². The molecular formula is C18H20N2O4S. The highest BCUT2D eigenvalue weighted by Gasteiger charge is 2.26. The topological polar surface area (TPSA) is 75.7 Å². The van der Waals surface area contributed by atoms with Gasteiger partial charge in [-0.2, -0.15) is 0 Å². The average molecular weight is 360 g/mol. The summed E-state index contributed by atoms with van der Waals surface area (Å²) in [6.07, 6.45) is 1.08. The molecule has 0 radical (unpaired) electrons. The number of hydrogen-bond acceptors (Lipinski definition) is 4. The smallest absolute Gasteiger partial charge is 0.262 e. The zero-order valence-corrected chi connectivity index (χ0v) is 15.0. The van der Waals surface area contributed by atoms with Crippen molar-refractivity contribution in [2.45, 2.75) is 24.7 Å². The second kappa shape index (κ2) is 6.76. The van der Waals surface area contributed by atoms with Crippen molar-refractivity contribution in [3.05, 3.63) is 48.0 Å². The lowest BCUT2D eigenvalue weighted by atomic mass is 10.2. The van der Waals surface area contributed by atoms with E-state index in [0.29, 0.717) is 30.8 Å². The van der Waals surface area contributed by atoms with Gasteiger partial charge in [-0.3, -0.25) is 9.52 Å². The van der Waals surface area contributed by atoms with Crippen LogP contribution < -0.4 is 14.4 Å². The van der Waals surface area contributed by atoms with E-state index in [2.05, 4.69) is 4.72 Å². The molecule has 0 aromatic heterocycles. The standard InChI is InChI=1S/C18H20N2O4S/c1-3-18(21)20-11-10-13-12-14(8-9-16(13)20)25(22,23)19-15-6-4-5-7-17(15)24-2/h4-9,12,19H,3,10-11H2,1-2H3. The fourth-order valence-corrected chi connectivity index (χ4v) is 4.05. The summed E-state index contributed by atoms with van der Waals surface area (Å²) < 4.78 is 33.1. The molecule has 2 aromatic carbocycles. The number of fused-ring (bicyclic) bond motifs is 1. The number of sulfonamides is 1. The fourth-order valence-electron chi connectivity index (χ4n) is 2.93. The fraction of sp³-hybridized carbons (Fsp3) is 0.278. The number of ether oxygens (including phenoxy) is 1. The Bertz CT molecular complexity index is 909. The van der Waals surface area contributed by atoms with E-state index in [1.165, 1.54) is 13.2 Å². The van der Waals surface area contributed by atoms with Crippen molar-refractivity contribution < 1.29 is 17.9 Å². The van der Waals surface area contributed by atoms with Crippen LogP contribution in [0.4, 0.5) is 11.4 Å². The summed E-state index contributed by atoms with van der Waals surface area (Å²) in [7, 11) is -2.26. The van der Waals surface area contributed by atoms with Crippen LogP contribution in [0.2, 0.25) is 0 Å². The van der Waals surface area contributed by atoms with Gasteiger partial charge in [-0.25, -0.2) is 8.42 Å². The highest BCUT2D eigenvalue weighted by molar-refractivity contribution is 7.92. The molecule has 0 bridgehead atoms. The Morgan fingerprint density at radius 2 is 2.00 bits per heavy atom. The number of nitrogens with zero attached hydrogens (tertiary/aromatic N) is 1. The molecule has 0 saturated heterocycles. The molecule has 1 N–H and O–H groups in total. The van der Waals surface area contributed by atoms with Crippen molar-refractivity contribution in [3.63, 3.8) is 0 Å². The predicted octanol–water partition coefficient (Wildman–Crippen LogP) is 2.80. The van der Waals surface area contributed by atoms with Gasteiger partial charge >= 0.3 is 0 Å². The van der Waals surface area contributed by atoms with Crippen LogP contribution in [0.5, 0.6) is 5.75 Å². The lowest BCUT2D eigenvalue weighted by molar-refractivity contribution is -0.118. The molecule has 0 fully saturated rings. The second-order valence-electron chi connectivity index (χ2n) is 5.75. The van der Waals surface area contributed by atoms with Gasteiger partial charge < -0.3 is 9.64 Å². The Labute approximate surface area is 147 Å². The van der Waals surface area contributed by atoms with Gasteiger partial charge in [0.25, 0.3) is 10.0 Å². The Morgan fingerprint density at radius 1 is 1.24 bits per heavy atom. The molecular weight excluding hydrogens is 340 g/mol. The molecule has 0 spiro atoms. The zero-order chi connectivity index (χ0) is 18.0. The molecule has 2 aromatic rings. The molecule has 0 aliphatic carbocycles. The van der Waals surface area contributed by atoms with E-state index in [0.717, 1.165) is 11.3 Å². The number of carbonyl (C=O) groups is 1. The predicted molar refractivity (Wildman–Crippen MR) is 96.6 cm³/mol. The van der Waals surface area contributed by atoms with E-state index in [9.17, 15) is 13.2 Å². The first-order valence-corrected chi connectivity index (χ1v) is 9.53. The number of benzene rings is 2. The van der Waals surface area contributed by atoms with Crippen molar-refractivity contribution in [2.24, 2.45) is 0 Å². The SMILES string of the molecule is CCC(=O)N1CCc2cc(S(=O)(=O)Nc3ccccc3OC)ccc21. The Hall–Kier alpha value is -2.54. The van der Waals surface area contributed by atoms with Gasteiger partial charge in [-0.1, -0.05) is 19.1 Å². The van der Waals surface area contributed by atoms with Gasteiger partial charge in [0.05, 0.1) is 17.7 Å². The number of methoxy groups -OCH3 is 1. The minimum Gasteiger partial charge on any atom is -0.495 e. The van der Waals surface area contributed by atoms with Crippen molar-refractivity contribution >= 4 is 27.3 Å². The summed E-state index contributed by atoms with van der Waals surface area (Å²) in [5, 5.41) is 0. The number of amides is 1. The van der Waals surface area contributed by atoms with Crippen LogP contribution in [-0.4, -0.2) is 28.0 Å². The third-order valence-electron chi connectivity index (χ3n) is 4.21. The lowest BCUT2D eigenvalue weighted by Gasteiger charge is -2.17. The van der Waals surface area contributed by atoms with E-state index in [4.69, 9.17) is 4.74 Å². The number of rotatable bonds is 5. The van der Waals surface area contributed by atoms with Crippen LogP contribution >= 0.6 is 0 Å². The highest BCUT2D eigenvalue weighted by Crippen LogP contribution is 2.32. The molecule has 1 aliphatic rings. The van der Waals surface area contributed by atoms with Crippen molar-refractivity contribution in [3.8, 4) is 5.75 Å². The van der Waals surface area contributed by atoms with E-state index in [-0.39, 0.29) is 10.8 Å². The molecule has 7 heteroatoms. The van der Waals surface area contributed by atoms with Gasteiger partial charge in [0.2, 0.25) is 5.91 Å². The normalized spacial score (nSPS) is 13.4.